The second-order valence-electron chi connectivity index (χ2n) is 19.7. The van der Waals surface area contributed by atoms with Gasteiger partial charge in [-0.15, -0.1) is 0 Å². The number of ether oxygens (including phenoxy) is 3. The van der Waals surface area contributed by atoms with E-state index in [9.17, 15) is 28.8 Å². The summed E-state index contributed by atoms with van der Waals surface area (Å²) in [6.07, 6.45) is 20.4. The van der Waals surface area contributed by atoms with Crippen LogP contribution in [0.2, 0.25) is 0 Å². The summed E-state index contributed by atoms with van der Waals surface area (Å²) in [5.74, 6) is -4.89. The van der Waals surface area contributed by atoms with Gasteiger partial charge >= 0.3 is 17.9 Å². The van der Waals surface area contributed by atoms with Crippen LogP contribution in [0.15, 0.2) is 0 Å². The van der Waals surface area contributed by atoms with E-state index in [1.54, 1.807) is 0 Å². The van der Waals surface area contributed by atoms with E-state index in [-0.39, 0.29) is 56.8 Å². The molecule has 3 amide bonds. The van der Waals surface area contributed by atoms with E-state index >= 15 is 0 Å². The second kappa shape index (κ2) is 35.1. The molecule has 1 aliphatic rings. The first-order chi connectivity index (χ1) is 30.1. The predicted molar refractivity (Wildman–Crippen MR) is 251 cm³/mol. The maximum absolute atomic E-state index is 14.2. The van der Waals surface area contributed by atoms with Crippen LogP contribution in [0.4, 0.5) is 0 Å². The summed E-state index contributed by atoms with van der Waals surface area (Å²) in [5, 5.41) is 8.82. The monoisotopic (exact) mass is 892 g/mol. The van der Waals surface area contributed by atoms with E-state index in [0.29, 0.717) is 19.3 Å². The van der Waals surface area contributed by atoms with Gasteiger partial charge in [0.25, 0.3) is 0 Å². The maximum Gasteiger partial charge on any atom is 0.328 e. The van der Waals surface area contributed by atoms with Gasteiger partial charge in [-0.25, -0.2) is 14.4 Å². The molecule has 0 aliphatic heterocycles. The molecule has 0 aromatic rings. The number of carbonyl (C=O) groups is 6. The maximum atomic E-state index is 14.2. The number of esters is 3. The molecule has 0 bridgehead atoms. The van der Waals surface area contributed by atoms with Gasteiger partial charge in [0, 0.05) is 17.8 Å². The summed E-state index contributed by atoms with van der Waals surface area (Å²) >= 11 is 0. The minimum atomic E-state index is -0.882. The molecular formula is C51H93N3O9. The molecule has 63 heavy (non-hydrogen) atoms. The molecular weight excluding hydrogens is 799 g/mol. The number of hydrogen-bond acceptors (Lipinski definition) is 9. The summed E-state index contributed by atoms with van der Waals surface area (Å²) < 4.78 is 17.0. The lowest BCUT2D eigenvalue weighted by atomic mass is 9.73. The zero-order chi connectivity index (χ0) is 47.0. The number of rotatable bonds is 36. The van der Waals surface area contributed by atoms with Crippen molar-refractivity contribution in [2.45, 2.75) is 235 Å². The van der Waals surface area contributed by atoms with Crippen molar-refractivity contribution in [3.8, 4) is 0 Å². The van der Waals surface area contributed by atoms with E-state index in [1.165, 1.54) is 19.3 Å². The minimum Gasteiger partial charge on any atom is -0.464 e. The summed E-state index contributed by atoms with van der Waals surface area (Å²) in [6, 6.07) is -2.65. The van der Waals surface area contributed by atoms with Crippen LogP contribution in [0.3, 0.4) is 0 Å². The van der Waals surface area contributed by atoms with Gasteiger partial charge in [0.05, 0.1) is 19.8 Å². The van der Waals surface area contributed by atoms with Gasteiger partial charge in [-0.1, -0.05) is 159 Å². The van der Waals surface area contributed by atoms with Crippen LogP contribution in [0.1, 0.15) is 216 Å². The Labute approximate surface area is 383 Å². The molecule has 1 fully saturated rings. The fourth-order valence-corrected chi connectivity index (χ4v) is 8.35. The lowest BCUT2D eigenvalue weighted by Gasteiger charge is -2.35. The number of carbonyl (C=O) groups excluding carboxylic acids is 6. The first-order valence-electron chi connectivity index (χ1n) is 25.5. The number of hydrogen-bond donors (Lipinski definition) is 3. The molecule has 0 spiro atoms. The van der Waals surface area contributed by atoms with Crippen molar-refractivity contribution >= 4 is 35.6 Å². The first kappa shape index (κ1) is 57.8. The Morgan fingerprint density at radius 1 is 0.381 bits per heavy atom. The second-order valence-corrected chi connectivity index (χ2v) is 19.7. The molecule has 12 heteroatoms. The van der Waals surface area contributed by atoms with Gasteiger partial charge in [-0.05, 0) is 75.5 Å². The Bertz CT molecular complexity index is 1130. The van der Waals surface area contributed by atoms with Crippen LogP contribution in [0.25, 0.3) is 0 Å². The van der Waals surface area contributed by atoms with Gasteiger partial charge in [0.1, 0.15) is 18.1 Å². The topological polar surface area (TPSA) is 166 Å². The Hall–Kier alpha value is -3.18. The normalized spacial score (nSPS) is 17.8. The zero-order valence-electron chi connectivity index (χ0n) is 41.5. The van der Waals surface area contributed by atoms with Crippen molar-refractivity contribution in [2.24, 2.45) is 35.5 Å². The summed E-state index contributed by atoms with van der Waals surface area (Å²) in [4.78, 5) is 82.7. The summed E-state index contributed by atoms with van der Waals surface area (Å²) in [6.45, 7) is 19.2. The van der Waals surface area contributed by atoms with Gasteiger partial charge in [0.15, 0.2) is 0 Å². The van der Waals surface area contributed by atoms with E-state index < -0.39 is 71.5 Å². The van der Waals surface area contributed by atoms with Gasteiger partial charge < -0.3 is 30.2 Å². The third-order valence-electron chi connectivity index (χ3n) is 12.0. The van der Waals surface area contributed by atoms with Crippen LogP contribution >= 0.6 is 0 Å². The molecule has 1 saturated carbocycles. The van der Waals surface area contributed by atoms with Crippen LogP contribution in [-0.4, -0.2) is 73.6 Å². The highest BCUT2D eigenvalue weighted by atomic mass is 16.5. The Morgan fingerprint density at radius 3 is 0.825 bits per heavy atom. The van der Waals surface area contributed by atoms with Crippen molar-refractivity contribution in [1.29, 1.82) is 0 Å². The molecule has 6 atom stereocenters. The largest absolute Gasteiger partial charge is 0.464 e. The van der Waals surface area contributed by atoms with Crippen LogP contribution in [0.5, 0.6) is 0 Å². The lowest BCUT2D eigenvalue weighted by molar-refractivity contribution is -0.151. The Kier molecular flexibility index (Phi) is 32.2. The molecule has 3 N–H and O–H groups in total. The van der Waals surface area contributed by atoms with Crippen LogP contribution < -0.4 is 16.0 Å². The molecule has 0 saturated heterocycles. The highest BCUT2D eigenvalue weighted by molar-refractivity contribution is 5.91. The Balaban J connectivity index is 3.27. The fraction of sp³-hybridized carbons (Fsp3) is 0.882. The molecule has 0 radical (unpaired) electrons. The first-order valence-corrected chi connectivity index (χ1v) is 25.5. The van der Waals surface area contributed by atoms with Gasteiger partial charge in [-0.2, -0.15) is 0 Å². The van der Waals surface area contributed by atoms with Crippen molar-refractivity contribution in [3.63, 3.8) is 0 Å². The van der Waals surface area contributed by atoms with E-state index in [4.69, 9.17) is 14.2 Å². The number of unbranched alkanes of at least 4 members (excludes halogenated alkanes) is 15. The number of amides is 3. The highest BCUT2D eigenvalue weighted by Gasteiger charge is 2.42. The van der Waals surface area contributed by atoms with Crippen molar-refractivity contribution in [1.82, 2.24) is 16.0 Å². The SMILES string of the molecule is CCCCCCCCOC(=O)C(CC(C)C)NC(=O)[C@@H]1C[C@H](C(=O)NC(CC(C)C)C(=O)OCCCCCCCC)C[C@H](C(=O)N[C@@H](CC(C)C)C(=O)OCCCCCCCC)C1. The average Bonchev–Trinajstić information content (AvgIpc) is 3.23. The minimum absolute atomic E-state index is 0.0812. The molecule has 1 rings (SSSR count). The van der Waals surface area contributed by atoms with E-state index in [1.807, 2.05) is 41.5 Å². The standard InChI is InChI=1S/C51H93N3O9/c1-10-13-16-19-22-25-28-61-49(58)43(31-37(4)5)52-46(55)40-34-41(47(56)53-44(32-38(6)7)50(59)62-29-26-23-20-17-14-11-2)36-42(35-40)48(57)54-45(33-39(8)9)51(60)63-30-27-24-21-18-15-12-3/h37-45H,10-36H2,1-9H3,(H,52,55)(H,53,56)(H,54,57)/t40-,41+,42-,43-,44?,45?/m0/s1. The van der Waals surface area contributed by atoms with Gasteiger partial charge in [-0.3, -0.25) is 14.4 Å². The van der Waals surface area contributed by atoms with Crippen molar-refractivity contribution in [3.05, 3.63) is 0 Å². The molecule has 0 aromatic heterocycles. The molecule has 2 unspecified atom stereocenters. The molecule has 12 nitrogen and oxygen atoms in total. The fourth-order valence-electron chi connectivity index (χ4n) is 8.35. The lowest BCUT2D eigenvalue weighted by Crippen LogP contribution is -2.52. The number of nitrogens with one attached hydrogen (secondary N) is 3. The quantitative estimate of drug-likeness (QED) is 0.0315. The van der Waals surface area contributed by atoms with Crippen molar-refractivity contribution < 1.29 is 43.0 Å². The van der Waals surface area contributed by atoms with E-state index in [2.05, 4.69) is 36.7 Å². The van der Waals surface area contributed by atoms with Crippen LogP contribution in [0, 0.1) is 35.5 Å². The average molecular weight is 892 g/mol. The molecule has 0 heterocycles. The molecule has 1 aliphatic carbocycles. The third-order valence-corrected chi connectivity index (χ3v) is 12.0. The van der Waals surface area contributed by atoms with Crippen molar-refractivity contribution in [2.75, 3.05) is 19.8 Å². The zero-order valence-corrected chi connectivity index (χ0v) is 41.5. The van der Waals surface area contributed by atoms with Crippen LogP contribution in [-0.2, 0) is 43.0 Å². The van der Waals surface area contributed by atoms with E-state index in [0.717, 1.165) is 96.3 Å². The smallest absolute Gasteiger partial charge is 0.328 e. The summed E-state index contributed by atoms with van der Waals surface area (Å²) in [5.41, 5.74) is 0. The third kappa shape index (κ3) is 27.0. The van der Waals surface area contributed by atoms with Gasteiger partial charge in [0.2, 0.25) is 17.7 Å². The molecule has 0 aromatic carbocycles. The molecule has 366 valence electrons. The Morgan fingerprint density at radius 2 is 0.603 bits per heavy atom. The highest BCUT2D eigenvalue weighted by Crippen LogP contribution is 2.35. The summed E-state index contributed by atoms with van der Waals surface area (Å²) in [7, 11) is 0. The predicted octanol–water partition coefficient (Wildman–Crippen LogP) is 10.3.